The number of carbonyl (C=O) groups excluding carboxylic acids is 1. The van der Waals surface area contributed by atoms with Crippen molar-refractivity contribution in [1.82, 2.24) is 14.7 Å². The van der Waals surface area contributed by atoms with Crippen LogP contribution in [-0.2, 0) is 7.05 Å². The topological polar surface area (TPSA) is 115 Å². The van der Waals surface area contributed by atoms with Gasteiger partial charge in [0.15, 0.2) is 11.4 Å². The second kappa shape index (κ2) is 9.79. The van der Waals surface area contributed by atoms with Gasteiger partial charge in [-0.3, -0.25) is 14.2 Å². The first-order valence-corrected chi connectivity index (χ1v) is 10.6. The number of nitrogens with one attached hydrogen (secondary N) is 1. The summed E-state index contributed by atoms with van der Waals surface area (Å²) in [7, 11) is 1.35. The molecule has 0 saturated carbocycles. The lowest BCUT2D eigenvalue weighted by molar-refractivity contribution is 0.101. The minimum atomic E-state index is -0.898. The number of rotatable bonds is 6. The number of halogens is 2. The van der Waals surface area contributed by atoms with E-state index in [2.05, 4.69) is 24.8 Å². The SMILES string of the molecule is [C-]#[N+]c1ccccc1[C@@H](c1cc(F)cc(F)c1)[C@H](C)c1nc(C(=O)Nc2cnoc2)c(O)c(=O)n1C. The molecule has 2 aromatic carbocycles. The molecule has 2 heterocycles. The molecule has 36 heavy (non-hydrogen) atoms. The third kappa shape index (κ3) is 4.56. The summed E-state index contributed by atoms with van der Waals surface area (Å²) in [5.74, 6) is -4.98. The average molecular weight is 491 g/mol. The number of carbonyl (C=O) groups is 1. The summed E-state index contributed by atoms with van der Waals surface area (Å²) in [5.41, 5.74) is -0.380. The molecule has 2 N–H and O–H groups in total. The highest BCUT2D eigenvalue weighted by Crippen LogP contribution is 2.42. The normalized spacial score (nSPS) is 12.5. The maximum atomic E-state index is 14.2. The highest BCUT2D eigenvalue weighted by atomic mass is 19.1. The molecule has 0 spiro atoms. The summed E-state index contributed by atoms with van der Waals surface area (Å²) >= 11 is 0. The minimum absolute atomic E-state index is 0.0442. The van der Waals surface area contributed by atoms with Crippen molar-refractivity contribution in [1.29, 1.82) is 0 Å². The maximum absolute atomic E-state index is 14.2. The molecule has 0 unspecified atom stereocenters. The van der Waals surface area contributed by atoms with Crippen LogP contribution in [0.2, 0.25) is 0 Å². The van der Waals surface area contributed by atoms with E-state index < -0.39 is 46.4 Å². The molecule has 4 rings (SSSR count). The number of nitrogens with zero attached hydrogens (tertiary/aromatic N) is 4. The molecular formula is C25H19F2N5O4. The second-order valence-corrected chi connectivity index (χ2v) is 8.04. The number of aromatic nitrogens is 3. The first-order chi connectivity index (χ1) is 17.2. The Morgan fingerprint density at radius 3 is 2.56 bits per heavy atom. The van der Waals surface area contributed by atoms with Crippen LogP contribution in [-0.4, -0.2) is 25.7 Å². The van der Waals surface area contributed by atoms with Gasteiger partial charge in [-0.1, -0.05) is 36.3 Å². The lowest BCUT2D eigenvalue weighted by atomic mass is 9.80. The van der Waals surface area contributed by atoms with Crippen LogP contribution in [0, 0.1) is 18.2 Å². The number of anilines is 1. The molecule has 182 valence electrons. The van der Waals surface area contributed by atoms with E-state index in [4.69, 9.17) is 6.57 Å². The Hall–Kier alpha value is -4.85. The highest BCUT2D eigenvalue weighted by molar-refractivity contribution is 6.04. The van der Waals surface area contributed by atoms with E-state index in [1.54, 1.807) is 31.2 Å². The van der Waals surface area contributed by atoms with Crippen LogP contribution in [0.25, 0.3) is 4.85 Å². The summed E-state index contributed by atoms with van der Waals surface area (Å²) in [6, 6.07) is 9.57. The van der Waals surface area contributed by atoms with Crippen molar-refractivity contribution in [3.63, 3.8) is 0 Å². The van der Waals surface area contributed by atoms with Crippen LogP contribution in [0.5, 0.6) is 5.75 Å². The minimum Gasteiger partial charge on any atom is -0.501 e. The Balaban J connectivity index is 1.90. The smallest absolute Gasteiger partial charge is 0.296 e. The summed E-state index contributed by atoms with van der Waals surface area (Å²) in [6.07, 6.45) is 2.37. The van der Waals surface area contributed by atoms with Crippen LogP contribution in [0.15, 0.2) is 64.2 Å². The van der Waals surface area contributed by atoms with Crippen LogP contribution < -0.4 is 10.9 Å². The molecular weight excluding hydrogens is 472 g/mol. The molecule has 0 fully saturated rings. The summed E-state index contributed by atoms with van der Waals surface area (Å²) in [5, 5.41) is 16.3. The molecule has 1 amide bonds. The van der Waals surface area contributed by atoms with Crippen molar-refractivity contribution >= 4 is 17.3 Å². The quantitative estimate of drug-likeness (QED) is 0.384. The van der Waals surface area contributed by atoms with Gasteiger partial charge in [0, 0.05) is 24.9 Å². The molecule has 0 saturated heterocycles. The van der Waals surface area contributed by atoms with Crippen molar-refractivity contribution in [3.8, 4) is 5.75 Å². The standard InChI is InChI=1S/C25H19F2N5O4/c1-13(20(14-8-15(26)10-16(27)9-14)18-6-4-5-7-19(18)28-2)23-31-21(22(33)25(35)32(23)3)24(34)30-17-11-29-36-12-17/h4-13,20,33H,1,3H3,(H,30,34)/t13-,20+/m0/s1. The van der Waals surface area contributed by atoms with E-state index in [0.717, 1.165) is 29.0 Å². The van der Waals surface area contributed by atoms with Gasteiger partial charge < -0.3 is 14.9 Å². The van der Waals surface area contributed by atoms with Gasteiger partial charge in [0.2, 0.25) is 5.75 Å². The maximum Gasteiger partial charge on any atom is 0.296 e. The van der Waals surface area contributed by atoms with Crippen LogP contribution >= 0.6 is 0 Å². The van der Waals surface area contributed by atoms with E-state index in [9.17, 15) is 23.5 Å². The molecule has 11 heteroatoms. The van der Waals surface area contributed by atoms with Crippen molar-refractivity contribution in [2.45, 2.75) is 18.8 Å². The van der Waals surface area contributed by atoms with E-state index in [1.807, 2.05) is 0 Å². The van der Waals surface area contributed by atoms with Crippen LogP contribution in [0.4, 0.5) is 20.2 Å². The molecule has 0 aliphatic rings. The molecule has 2 atom stereocenters. The van der Waals surface area contributed by atoms with Gasteiger partial charge in [-0.05, 0) is 23.3 Å². The van der Waals surface area contributed by atoms with E-state index in [-0.39, 0.29) is 22.8 Å². The van der Waals surface area contributed by atoms with Gasteiger partial charge in [0.05, 0.1) is 12.8 Å². The molecule has 0 aliphatic carbocycles. The number of hydrogen-bond donors (Lipinski definition) is 2. The molecule has 0 aliphatic heterocycles. The molecule has 2 aromatic heterocycles. The zero-order valence-corrected chi connectivity index (χ0v) is 19.1. The van der Waals surface area contributed by atoms with Gasteiger partial charge in [0.25, 0.3) is 11.5 Å². The summed E-state index contributed by atoms with van der Waals surface area (Å²) in [6.45, 7) is 9.21. The zero-order valence-electron chi connectivity index (χ0n) is 19.1. The van der Waals surface area contributed by atoms with E-state index in [1.165, 1.54) is 13.2 Å². The lowest BCUT2D eigenvalue weighted by Crippen LogP contribution is -2.29. The fraction of sp³-hybridized carbons (Fsp3) is 0.160. The van der Waals surface area contributed by atoms with Gasteiger partial charge in [-0.25, -0.2) is 18.6 Å². The Labute approximate surface area is 203 Å². The van der Waals surface area contributed by atoms with Crippen molar-refractivity contribution in [2.75, 3.05) is 5.32 Å². The fourth-order valence-electron chi connectivity index (χ4n) is 4.12. The van der Waals surface area contributed by atoms with Crippen LogP contribution in [0.3, 0.4) is 0 Å². The number of hydrogen-bond acceptors (Lipinski definition) is 6. The molecule has 0 bridgehead atoms. The Morgan fingerprint density at radius 1 is 1.22 bits per heavy atom. The average Bonchev–Trinajstić information content (AvgIpc) is 3.35. The predicted octanol–water partition coefficient (Wildman–Crippen LogP) is 4.49. The van der Waals surface area contributed by atoms with Crippen molar-refractivity contribution < 1.29 is 23.2 Å². The van der Waals surface area contributed by atoms with Gasteiger partial charge in [-0.2, -0.15) is 0 Å². The molecule has 0 radical (unpaired) electrons. The van der Waals surface area contributed by atoms with E-state index in [0.29, 0.717) is 5.56 Å². The fourth-order valence-corrected chi connectivity index (χ4v) is 4.12. The van der Waals surface area contributed by atoms with Crippen LogP contribution in [0.1, 0.15) is 46.2 Å². The largest absolute Gasteiger partial charge is 0.501 e. The molecule has 4 aromatic rings. The third-order valence-electron chi connectivity index (χ3n) is 5.75. The van der Waals surface area contributed by atoms with E-state index >= 15 is 0 Å². The zero-order chi connectivity index (χ0) is 26.0. The Morgan fingerprint density at radius 2 is 1.92 bits per heavy atom. The van der Waals surface area contributed by atoms with Crippen molar-refractivity contribution in [2.24, 2.45) is 7.05 Å². The molecule has 9 nitrogen and oxygen atoms in total. The first kappa shape index (κ1) is 24.3. The summed E-state index contributed by atoms with van der Waals surface area (Å²) in [4.78, 5) is 33.4. The third-order valence-corrected chi connectivity index (χ3v) is 5.75. The lowest BCUT2D eigenvalue weighted by Gasteiger charge is -2.27. The first-order valence-electron chi connectivity index (χ1n) is 10.6. The van der Waals surface area contributed by atoms with Gasteiger partial charge in [0.1, 0.15) is 29.4 Å². The number of benzene rings is 2. The van der Waals surface area contributed by atoms with Gasteiger partial charge in [-0.15, -0.1) is 0 Å². The number of amides is 1. The monoisotopic (exact) mass is 491 g/mol. The highest BCUT2D eigenvalue weighted by Gasteiger charge is 2.31. The number of para-hydroxylation sites is 1. The van der Waals surface area contributed by atoms with Gasteiger partial charge >= 0.3 is 0 Å². The van der Waals surface area contributed by atoms with Crippen molar-refractivity contribution in [3.05, 3.63) is 111 Å². The summed E-state index contributed by atoms with van der Waals surface area (Å²) < 4.78 is 34.2. The second-order valence-electron chi connectivity index (χ2n) is 8.04. The Kier molecular flexibility index (Phi) is 6.60. The number of aromatic hydroxyl groups is 1. The Bertz CT molecular complexity index is 1520. The predicted molar refractivity (Wildman–Crippen MR) is 125 cm³/mol.